The van der Waals surface area contributed by atoms with Gasteiger partial charge in [-0.1, -0.05) is 6.07 Å². The molecule has 1 fully saturated rings. The second-order valence-corrected chi connectivity index (χ2v) is 6.03. The molecule has 6 heteroatoms. The number of pyridine rings is 1. The van der Waals surface area contributed by atoms with Crippen molar-refractivity contribution < 1.29 is 9.21 Å². The van der Waals surface area contributed by atoms with Crippen LogP contribution in [0.2, 0.25) is 0 Å². The number of hydrogen-bond acceptors (Lipinski definition) is 5. The van der Waals surface area contributed by atoms with E-state index < -0.39 is 0 Å². The average molecular weight is 314 g/mol. The lowest BCUT2D eigenvalue weighted by atomic mass is 10.2. The van der Waals surface area contributed by atoms with E-state index >= 15 is 0 Å². The summed E-state index contributed by atoms with van der Waals surface area (Å²) in [7, 11) is 0. The predicted molar refractivity (Wildman–Crippen MR) is 87.0 cm³/mol. The molecular weight excluding hydrogens is 292 g/mol. The second kappa shape index (κ2) is 6.50. The minimum Gasteiger partial charge on any atom is -0.444 e. The van der Waals surface area contributed by atoms with Gasteiger partial charge in [0.1, 0.15) is 11.6 Å². The minimum absolute atomic E-state index is 0.0133. The van der Waals surface area contributed by atoms with E-state index in [0.717, 1.165) is 36.5 Å². The molecule has 1 saturated heterocycles. The van der Waals surface area contributed by atoms with Crippen molar-refractivity contribution in [2.45, 2.75) is 46.2 Å². The van der Waals surface area contributed by atoms with Crippen molar-refractivity contribution in [3.8, 4) is 0 Å². The Bertz CT molecular complexity index is 691. The third kappa shape index (κ3) is 3.59. The molecule has 3 heterocycles. The lowest BCUT2D eigenvalue weighted by molar-refractivity contribution is -0.120. The Balaban J connectivity index is 1.67. The number of likely N-dealkylation sites (tertiary alicyclic amines) is 1. The molecule has 23 heavy (non-hydrogen) atoms. The molecule has 1 aliphatic rings. The van der Waals surface area contributed by atoms with Crippen LogP contribution in [0.25, 0.3) is 0 Å². The molecule has 0 aromatic carbocycles. The predicted octanol–water partition coefficient (Wildman–Crippen LogP) is 2.60. The molecule has 122 valence electrons. The summed E-state index contributed by atoms with van der Waals surface area (Å²) in [5.74, 6) is 2.10. The van der Waals surface area contributed by atoms with E-state index in [4.69, 9.17) is 4.42 Å². The Morgan fingerprint density at radius 2 is 2.17 bits per heavy atom. The van der Waals surface area contributed by atoms with Crippen molar-refractivity contribution in [2.24, 2.45) is 0 Å². The number of nitrogens with one attached hydrogen (secondary N) is 1. The highest BCUT2D eigenvalue weighted by atomic mass is 16.4. The molecular formula is C17H22N4O2. The van der Waals surface area contributed by atoms with Crippen LogP contribution in [0.4, 0.5) is 5.82 Å². The number of amides is 1. The minimum atomic E-state index is -0.162. The normalized spacial score (nSPS) is 18.3. The molecule has 0 spiro atoms. The standard InChI is InChI=1S/C17H22N4O2/c1-11-6-4-8-15(18-11)20-17(22)14-7-5-9-21(14)10-16-19-12(2)13(3)23-16/h4,6,8,14H,5,7,9-10H2,1-3H3,(H,18,20,22)/t14-/m0/s1. The van der Waals surface area contributed by atoms with Gasteiger partial charge in [0.2, 0.25) is 11.8 Å². The first-order chi connectivity index (χ1) is 11.0. The van der Waals surface area contributed by atoms with Crippen LogP contribution < -0.4 is 5.32 Å². The van der Waals surface area contributed by atoms with Crippen molar-refractivity contribution in [1.82, 2.24) is 14.9 Å². The molecule has 2 aromatic heterocycles. The van der Waals surface area contributed by atoms with E-state index in [2.05, 4.69) is 20.2 Å². The molecule has 6 nitrogen and oxygen atoms in total. The van der Waals surface area contributed by atoms with Crippen molar-refractivity contribution in [3.63, 3.8) is 0 Å². The number of aromatic nitrogens is 2. The van der Waals surface area contributed by atoms with Crippen molar-refractivity contribution in [3.05, 3.63) is 41.2 Å². The summed E-state index contributed by atoms with van der Waals surface area (Å²) in [6, 6.07) is 5.45. The van der Waals surface area contributed by atoms with Crippen LogP contribution in [0.1, 0.15) is 35.9 Å². The maximum absolute atomic E-state index is 12.6. The van der Waals surface area contributed by atoms with Gasteiger partial charge in [-0.15, -0.1) is 0 Å². The van der Waals surface area contributed by atoms with Crippen LogP contribution in [-0.2, 0) is 11.3 Å². The zero-order valence-corrected chi connectivity index (χ0v) is 13.8. The van der Waals surface area contributed by atoms with Crippen LogP contribution in [0, 0.1) is 20.8 Å². The van der Waals surface area contributed by atoms with Crippen molar-refractivity contribution >= 4 is 11.7 Å². The van der Waals surface area contributed by atoms with Crippen LogP contribution >= 0.6 is 0 Å². The summed E-state index contributed by atoms with van der Waals surface area (Å²) < 4.78 is 5.64. The number of carbonyl (C=O) groups is 1. The maximum Gasteiger partial charge on any atom is 0.242 e. The highest BCUT2D eigenvalue weighted by molar-refractivity contribution is 5.94. The molecule has 1 aliphatic heterocycles. The molecule has 3 rings (SSSR count). The SMILES string of the molecule is Cc1cccc(NC(=O)[C@@H]2CCCN2Cc2nc(C)c(C)o2)n1. The van der Waals surface area contributed by atoms with Crippen LogP contribution in [0.15, 0.2) is 22.6 Å². The van der Waals surface area contributed by atoms with Gasteiger partial charge in [-0.25, -0.2) is 9.97 Å². The van der Waals surface area contributed by atoms with Crippen molar-refractivity contribution in [2.75, 3.05) is 11.9 Å². The summed E-state index contributed by atoms with van der Waals surface area (Å²) in [5, 5.41) is 2.91. The Labute approximate surface area is 135 Å². The molecule has 0 saturated carbocycles. The number of aryl methyl sites for hydroxylation is 3. The van der Waals surface area contributed by atoms with Gasteiger partial charge in [-0.3, -0.25) is 9.69 Å². The number of oxazole rings is 1. The Kier molecular flexibility index (Phi) is 4.43. The fraction of sp³-hybridized carbons (Fsp3) is 0.471. The van der Waals surface area contributed by atoms with Gasteiger partial charge in [0.25, 0.3) is 0 Å². The molecule has 2 aromatic rings. The first-order valence-electron chi connectivity index (χ1n) is 7.94. The summed E-state index contributed by atoms with van der Waals surface area (Å²) in [5.41, 5.74) is 1.79. The monoisotopic (exact) mass is 314 g/mol. The van der Waals surface area contributed by atoms with E-state index in [1.54, 1.807) is 0 Å². The van der Waals surface area contributed by atoms with Gasteiger partial charge < -0.3 is 9.73 Å². The summed E-state index contributed by atoms with van der Waals surface area (Å²) in [6.45, 7) is 7.18. The lowest BCUT2D eigenvalue weighted by Crippen LogP contribution is -2.39. The zero-order chi connectivity index (χ0) is 16.4. The third-order valence-electron chi connectivity index (χ3n) is 4.22. The van der Waals surface area contributed by atoms with Gasteiger partial charge in [0.05, 0.1) is 18.3 Å². The van der Waals surface area contributed by atoms with Crippen LogP contribution in [0.3, 0.4) is 0 Å². The second-order valence-electron chi connectivity index (χ2n) is 6.03. The van der Waals surface area contributed by atoms with E-state index in [9.17, 15) is 4.79 Å². The third-order valence-corrected chi connectivity index (χ3v) is 4.22. The number of rotatable bonds is 4. The van der Waals surface area contributed by atoms with Crippen LogP contribution in [-0.4, -0.2) is 33.4 Å². The fourth-order valence-electron chi connectivity index (χ4n) is 2.92. The van der Waals surface area contributed by atoms with Crippen molar-refractivity contribution in [1.29, 1.82) is 0 Å². The highest BCUT2D eigenvalue weighted by Gasteiger charge is 2.31. The van der Waals surface area contributed by atoms with Crippen LogP contribution in [0.5, 0.6) is 0 Å². The average Bonchev–Trinajstić information content (AvgIpc) is 3.06. The summed E-state index contributed by atoms with van der Waals surface area (Å²) in [6.07, 6.45) is 1.84. The lowest BCUT2D eigenvalue weighted by Gasteiger charge is -2.22. The molecule has 0 aliphatic carbocycles. The van der Waals surface area contributed by atoms with Gasteiger partial charge in [-0.05, 0) is 52.3 Å². The van der Waals surface area contributed by atoms with Gasteiger partial charge in [0.15, 0.2) is 0 Å². The zero-order valence-electron chi connectivity index (χ0n) is 13.8. The Hall–Kier alpha value is -2.21. The Morgan fingerprint density at radius 3 is 2.87 bits per heavy atom. The first-order valence-corrected chi connectivity index (χ1v) is 7.94. The molecule has 1 atom stereocenters. The van der Waals surface area contributed by atoms with E-state index in [0.29, 0.717) is 18.3 Å². The molecule has 0 unspecified atom stereocenters. The largest absolute Gasteiger partial charge is 0.444 e. The van der Waals surface area contributed by atoms with Gasteiger partial charge >= 0.3 is 0 Å². The quantitative estimate of drug-likeness (QED) is 0.939. The molecule has 1 N–H and O–H groups in total. The van der Waals surface area contributed by atoms with Gasteiger partial charge in [-0.2, -0.15) is 0 Å². The number of anilines is 1. The molecule has 0 radical (unpaired) electrons. The Morgan fingerprint density at radius 1 is 1.35 bits per heavy atom. The summed E-state index contributed by atoms with van der Waals surface area (Å²) >= 11 is 0. The first kappa shape index (κ1) is 15.7. The van der Waals surface area contributed by atoms with E-state index in [1.807, 2.05) is 39.0 Å². The molecule has 0 bridgehead atoms. The highest BCUT2D eigenvalue weighted by Crippen LogP contribution is 2.22. The number of hydrogen-bond donors (Lipinski definition) is 1. The number of nitrogens with zero attached hydrogens (tertiary/aromatic N) is 3. The topological polar surface area (TPSA) is 71.3 Å². The molecule has 1 amide bonds. The summed E-state index contributed by atoms with van der Waals surface area (Å²) in [4.78, 5) is 23.4. The fourth-order valence-corrected chi connectivity index (χ4v) is 2.92. The maximum atomic E-state index is 12.6. The van der Waals surface area contributed by atoms with Gasteiger partial charge in [0, 0.05) is 5.69 Å². The van der Waals surface area contributed by atoms with E-state index in [-0.39, 0.29) is 11.9 Å². The smallest absolute Gasteiger partial charge is 0.242 e. The van der Waals surface area contributed by atoms with E-state index in [1.165, 1.54) is 0 Å². The number of carbonyl (C=O) groups excluding carboxylic acids is 1.